The summed E-state index contributed by atoms with van der Waals surface area (Å²) < 4.78 is 4.46. The molecule has 0 aromatic rings. The maximum absolute atomic E-state index is 11.0. The molecular weight excluding hydrogens is 158 g/mol. The molecule has 1 heterocycles. The van der Waals surface area contributed by atoms with Gasteiger partial charge in [0.2, 0.25) is 0 Å². The third kappa shape index (κ3) is 2.30. The van der Waals surface area contributed by atoms with E-state index in [1.165, 1.54) is 0 Å². The van der Waals surface area contributed by atoms with Gasteiger partial charge in [-0.05, 0) is 19.4 Å². The Morgan fingerprint density at radius 1 is 1.58 bits per heavy atom. The molecule has 68 valence electrons. The van der Waals surface area contributed by atoms with Crippen molar-refractivity contribution in [3.8, 4) is 0 Å². The topological polar surface area (TPSA) is 55.4 Å². The fraction of sp³-hybridized carbons (Fsp3) is 0.750. The number of carbonyl (C=O) groups is 2. The second kappa shape index (κ2) is 4.21. The van der Waals surface area contributed by atoms with E-state index >= 15 is 0 Å². The summed E-state index contributed by atoms with van der Waals surface area (Å²) in [5.74, 6) is -0.839. The molecule has 0 radical (unpaired) electrons. The van der Waals surface area contributed by atoms with Crippen molar-refractivity contribution in [2.45, 2.75) is 32.2 Å². The lowest BCUT2D eigenvalue weighted by atomic mass is 10.1. The van der Waals surface area contributed by atoms with Crippen molar-refractivity contribution in [3.63, 3.8) is 0 Å². The van der Waals surface area contributed by atoms with Crippen LogP contribution in [0.2, 0.25) is 0 Å². The fourth-order valence-electron chi connectivity index (χ4n) is 1.12. The monoisotopic (exact) mass is 171 g/mol. The van der Waals surface area contributed by atoms with Gasteiger partial charge in [0.05, 0.1) is 0 Å². The molecule has 1 saturated heterocycles. The van der Waals surface area contributed by atoms with Crippen LogP contribution in [0.5, 0.6) is 0 Å². The van der Waals surface area contributed by atoms with Gasteiger partial charge >= 0.3 is 11.9 Å². The van der Waals surface area contributed by atoms with Gasteiger partial charge in [0.15, 0.2) is 0 Å². The first-order valence-corrected chi connectivity index (χ1v) is 4.22. The van der Waals surface area contributed by atoms with Gasteiger partial charge in [-0.25, -0.2) is 4.79 Å². The molecule has 1 aliphatic heterocycles. The molecule has 4 nitrogen and oxygen atoms in total. The van der Waals surface area contributed by atoms with Crippen molar-refractivity contribution in [1.29, 1.82) is 0 Å². The average Bonchev–Trinajstić information content (AvgIpc) is 2.03. The maximum atomic E-state index is 11.0. The molecule has 0 bridgehead atoms. The highest BCUT2D eigenvalue weighted by Gasteiger charge is 2.27. The number of carbonyl (C=O) groups excluding carboxylic acids is 2. The minimum Gasteiger partial charge on any atom is -0.392 e. The highest BCUT2D eigenvalue weighted by molar-refractivity contribution is 5.91. The largest absolute Gasteiger partial charge is 0.392 e. The van der Waals surface area contributed by atoms with Crippen molar-refractivity contribution < 1.29 is 14.3 Å². The van der Waals surface area contributed by atoms with Crippen molar-refractivity contribution in [1.82, 2.24) is 5.32 Å². The number of hydrogen-bond acceptors (Lipinski definition) is 4. The van der Waals surface area contributed by atoms with E-state index in [4.69, 9.17) is 0 Å². The third-order valence-corrected chi connectivity index (χ3v) is 1.78. The third-order valence-electron chi connectivity index (χ3n) is 1.78. The summed E-state index contributed by atoms with van der Waals surface area (Å²) in [7, 11) is 0. The zero-order valence-electron chi connectivity index (χ0n) is 7.13. The summed E-state index contributed by atoms with van der Waals surface area (Å²) in [4.78, 5) is 21.6. The quantitative estimate of drug-likeness (QED) is 0.487. The van der Waals surface area contributed by atoms with Gasteiger partial charge in [0.25, 0.3) is 0 Å². The summed E-state index contributed by atoms with van der Waals surface area (Å²) in [6.07, 6.45) is 1.88. The van der Waals surface area contributed by atoms with Gasteiger partial charge in [-0.2, -0.15) is 0 Å². The van der Waals surface area contributed by atoms with Gasteiger partial charge in [-0.3, -0.25) is 4.79 Å². The lowest BCUT2D eigenvalue weighted by Crippen LogP contribution is -2.43. The Bertz CT molecular complexity index is 191. The van der Waals surface area contributed by atoms with Gasteiger partial charge in [0, 0.05) is 6.42 Å². The SMILES string of the molecule is CCCN[C@H]1CCC(=O)OC1=O. The fourth-order valence-corrected chi connectivity index (χ4v) is 1.12. The van der Waals surface area contributed by atoms with Gasteiger partial charge in [-0.1, -0.05) is 6.92 Å². The molecule has 0 saturated carbocycles. The lowest BCUT2D eigenvalue weighted by Gasteiger charge is -2.19. The molecule has 0 aromatic carbocycles. The molecular formula is C8H13NO3. The van der Waals surface area contributed by atoms with Crippen molar-refractivity contribution >= 4 is 11.9 Å². The van der Waals surface area contributed by atoms with Crippen LogP contribution in [0.1, 0.15) is 26.2 Å². The van der Waals surface area contributed by atoms with Crippen molar-refractivity contribution in [3.05, 3.63) is 0 Å². The van der Waals surface area contributed by atoms with Gasteiger partial charge in [-0.15, -0.1) is 0 Å². The summed E-state index contributed by atoms with van der Waals surface area (Å²) >= 11 is 0. The minimum atomic E-state index is -0.431. The molecule has 0 spiro atoms. The van der Waals surface area contributed by atoms with Crippen LogP contribution in [0, 0.1) is 0 Å². The molecule has 1 fully saturated rings. The van der Waals surface area contributed by atoms with E-state index in [0.29, 0.717) is 12.8 Å². The van der Waals surface area contributed by atoms with Crippen LogP contribution in [0.3, 0.4) is 0 Å². The van der Waals surface area contributed by atoms with E-state index in [1.807, 2.05) is 6.92 Å². The standard InChI is InChI=1S/C8H13NO3/c1-2-5-9-6-3-4-7(10)12-8(6)11/h6,9H,2-5H2,1H3/t6-/m0/s1. The Labute approximate surface area is 71.3 Å². The van der Waals surface area contributed by atoms with Crippen LogP contribution in [-0.4, -0.2) is 24.5 Å². The minimum absolute atomic E-state index is 0.275. The summed E-state index contributed by atoms with van der Waals surface area (Å²) in [6, 6.07) is -0.275. The number of nitrogens with one attached hydrogen (secondary N) is 1. The molecule has 1 rings (SSSR count). The summed E-state index contributed by atoms with van der Waals surface area (Å²) in [5, 5.41) is 3.01. The number of hydrogen-bond donors (Lipinski definition) is 1. The predicted molar refractivity (Wildman–Crippen MR) is 42.4 cm³/mol. The van der Waals surface area contributed by atoms with Crippen LogP contribution in [0.25, 0.3) is 0 Å². The first-order valence-electron chi connectivity index (χ1n) is 4.22. The first kappa shape index (κ1) is 9.19. The second-order valence-corrected chi connectivity index (χ2v) is 2.84. The summed E-state index contributed by atoms with van der Waals surface area (Å²) in [5.41, 5.74) is 0. The van der Waals surface area contributed by atoms with Gasteiger partial charge < -0.3 is 10.1 Å². The Morgan fingerprint density at radius 3 is 2.92 bits per heavy atom. The Balaban J connectivity index is 2.35. The van der Waals surface area contributed by atoms with Crippen LogP contribution >= 0.6 is 0 Å². The summed E-state index contributed by atoms with van der Waals surface area (Å²) in [6.45, 7) is 2.81. The number of rotatable bonds is 3. The average molecular weight is 171 g/mol. The predicted octanol–water partition coefficient (Wildman–Crippen LogP) is 0.218. The van der Waals surface area contributed by atoms with E-state index in [1.54, 1.807) is 0 Å². The van der Waals surface area contributed by atoms with E-state index in [0.717, 1.165) is 13.0 Å². The molecule has 0 unspecified atom stereocenters. The number of esters is 2. The Morgan fingerprint density at radius 2 is 2.33 bits per heavy atom. The molecule has 4 heteroatoms. The van der Waals surface area contributed by atoms with Crippen LogP contribution in [-0.2, 0) is 14.3 Å². The molecule has 0 amide bonds. The first-order chi connectivity index (χ1) is 5.74. The highest BCUT2D eigenvalue weighted by atomic mass is 16.6. The Hall–Kier alpha value is -0.900. The van der Waals surface area contributed by atoms with Crippen molar-refractivity contribution in [2.24, 2.45) is 0 Å². The van der Waals surface area contributed by atoms with Crippen LogP contribution in [0.15, 0.2) is 0 Å². The van der Waals surface area contributed by atoms with E-state index in [9.17, 15) is 9.59 Å². The molecule has 1 N–H and O–H groups in total. The van der Waals surface area contributed by atoms with Crippen LogP contribution < -0.4 is 5.32 Å². The maximum Gasteiger partial charge on any atom is 0.330 e. The van der Waals surface area contributed by atoms with E-state index < -0.39 is 11.9 Å². The van der Waals surface area contributed by atoms with Crippen molar-refractivity contribution in [2.75, 3.05) is 6.54 Å². The number of ether oxygens (including phenoxy) is 1. The molecule has 1 aliphatic rings. The second-order valence-electron chi connectivity index (χ2n) is 2.84. The zero-order chi connectivity index (χ0) is 8.97. The molecule has 1 atom stereocenters. The lowest BCUT2D eigenvalue weighted by molar-refractivity contribution is -0.165. The zero-order valence-corrected chi connectivity index (χ0v) is 7.13. The number of cyclic esters (lactones) is 2. The molecule has 0 aromatic heterocycles. The van der Waals surface area contributed by atoms with Gasteiger partial charge in [0.1, 0.15) is 6.04 Å². The normalized spacial score (nSPS) is 23.9. The molecule has 0 aliphatic carbocycles. The highest BCUT2D eigenvalue weighted by Crippen LogP contribution is 2.08. The Kier molecular flexibility index (Phi) is 3.22. The van der Waals surface area contributed by atoms with E-state index in [-0.39, 0.29) is 6.04 Å². The smallest absolute Gasteiger partial charge is 0.330 e. The van der Waals surface area contributed by atoms with E-state index in [2.05, 4.69) is 10.1 Å². The van der Waals surface area contributed by atoms with Crippen LogP contribution in [0.4, 0.5) is 0 Å². The molecule has 12 heavy (non-hydrogen) atoms.